The molecule has 0 spiro atoms. The van der Waals surface area contributed by atoms with Gasteiger partial charge < -0.3 is 0 Å². The van der Waals surface area contributed by atoms with Gasteiger partial charge in [-0.1, -0.05) is 30.3 Å². The molecular formula is C17H19NO4S2. The van der Waals surface area contributed by atoms with Gasteiger partial charge in [-0.2, -0.15) is 4.31 Å². The normalized spacial score (nSPS) is 19.5. The van der Waals surface area contributed by atoms with Gasteiger partial charge in [0.05, 0.1) is 15.8 Å². The first-order valence-electron chi connectivity index (χ1n) is 7.67. The zero-order valence-electron chi connectivity index (χ0n) is 13.3. The van der Waals surface area contributed by atoms with Crippen molar-refractivity contribution >= 4 is 19.9 Å². The third-order valence-electron chi connectivity index (χ3n) is 4.25. The molecule has 0 saturated carbocycles. The van der Waals surface area contributed by atoms with Crippen LogP contribution in [0.25, 0.3) is 0 Å². The summed E-state index contributed by atoms with van der Waals surface area (Å²) in [4.78, 5) is 0.236. The Hall–Kier alpha value is -1.70. The summed E-state index contributed by atoms with van der Waals surface area (Å²) >= 11 is 0. The molecule has 0 N–H and O–H groups in total. The molecule has 0 aromatic heterocycles. The first-order valence-corrected chi connectivity index (χ1v) is 11.0. The van der Waals surface area contributed by atoms with Crippen molar-refractivity contribution in [1.82, 2.24) is 4.31 Å². The van der Waals surface area contributed by atoms with Gasteiger partial charge in [0, 0.05) is 12.8 Å². The highest BCUT2D eigenvalue weighted by atomic mass is 32.2. The maximum absolute atomic E-state index is 13.0. The van der Waals surface area contributed by atoms with Crippen LogP contribution in [0, 0.1) is 0 Å². The summed E-state index contributed by atoms with van der Waals surface area (Å²) in [6.07, 6.45) is 2.69. The molecule has 1 aliphatic heterocycles. The zero-order valence-corrected chi connectivity index (χ0v) is 14.9. The fraction of sp³-hybridized carbons (Fsp3) is 0.294. The van der Waals surface area contributed by atoms with Crippen LogP contribution in [0.5, 0.6) is 0 Å². The molecule has 5 nitrogen and oxygen atoms in total. The van der Waals surface area contributed by atoms with E-state index < -0.39 is 19.9 Å². The summed E-state index contributed by atoms with van der Waals surface area (Å²) in [5.74, 6) is 0. The second-order valence-electron chi connectivity index (χ2n) is 5.93. The van der Waals surface area contributed by atoms with Crippen LogP contribution >= 0.6 is 0 Å². The van der Waals surface area contributed by atoms with Crippen LogP contribution in [0.2, 0.25) is 0 Å². The predicted octanol–water partition coefficient (Wildman–Crippen LogP) is 2.62. The Morgan fingerprint density at radius 2 is 1.46 bits per heavy atom. The molecule has 1 fully saturated rings. The molecule has 1 saturated heterocycles. The maximum Gasteiger partial charge on any atom is 0.243 e. The third kappa shape index (κ3) is 3.24. The molecule has 2 aromatic carbocycles. The average Bonchev–Trinajstić information content (AvgIpc) is 3.05. The standard InChI is InChI=1S/C17H19NO4S2/c1-23(19,20)15-9-11-16(12-10-15)24(21,22)18-13-5-8-17(18)14-6-3-2-4-7-14/h2-4,6-7,9-12,17H,5,8,13H2,1H3. The average molecular weight is 365 g/mol. The van der Waals surface area contributed by atoms with Crippen LogP contribution in [-0.4, -0.2) is 33.9 Å². The van der Waals surface area contributed by atoms with Crippen LogP contribution < -0.4 is 0 Å². The summed E-state index contributed by atoms with van der Waals surface area (Å²) < 4.78 is 50.5. The van der Waals surface area contributed by atoms with Gasteiger partial charge in [0.15, 0.2) is 9.84 Å². The topological polar surface area (TPSA) is 71.5 Å². The molecule has 1 atom stereocenters. The van der Waals surface area contributed by atoms with E-state index in [2.05, 4.69) is 0 Å². The lowest BCUT2D eigenvalue weighted by Gasteiger charge is -2.24. The summed E-state index contributed by atoms with van der Waals surface area (Å²) in [7, 11) is -7.01. The van der Waals surface area contributed by atoms with Crippen LogP contribution in [0.1, 0.15) is 24.4 Å². The summed E-state index contributed by atoms with van der Waals surface area (Å²) in [6, 6.07) is 14.8. The second-order valence-corrected chi connectivity index (χ2v) is 9.83. The zero-order chi connectivity index (χ0) is 17.4. The fourth-order valence-corrected chi connectivity index (χ4v) is 5.34. The van der Waals surface area contributed by atoms with E-state index in [-0.39, 0.29) is 15.8 Å². The maximum atomic E-state index is 13.0. The largest absolute Gasteiger partial charge is 0.243 e. The van der Waals surface area contributed by atoms with Gasteiger partial charge in [-0.05, 0) is 42.7 Å². The Balaban J connectivity index is 1.95. The van der Waals surface area contributed by atoms with Crippen molar-refractivity contribution in [3.8, 4) is 0 Å². The minimum absolute atomic E-state index is 0.113. The van der Waals surface area contributed by atoms with Gasteiger partial charge in [0.25, 0.3) is 0 Å². The van der Waals surface area contributed by atoms with E-state index in [9.17, 15) is 16.8 Å². The van der Waals surface area contributed by atoms with Crippen LogP contribution in [0.3, 0.4) is 0 Å². The Bertz CT molecular complexity index is 920. The van der Waals surface area contributed by atoms with E-state index in [1.165, 1.54) is 28.6 Å². The third-order valence-corrected chi connectivity index (χ3v) is 7.30. The van der Waals surface area contributed by atoms with Crippen molar-refractivity contribution in [3.63, 3.8) is 0 Å². The lowest BCUT2D eigenvalue weighted by atomic mass is 10.1. The number of sulfonamides is 1. The number of hydrogen-bond donors (Lipinski definition) is 0. The molecule has 3 rings (SSSR count). The Morgan fingerprint density at radius 1 is 0.875 bits per heavy atom. The number of nitrogens with zero attached hydrogens (tertiary/aromatic N) is 1. The Morgan fingerprint density at radius 3 is 2.04 bits per heavy atom. The lowest BCUT2D eigenvalue weighted by molar-refractivity contribution is 0.396. The van der Waals surface area contributed by atoms with Gasteiger partial charge in [-0.25, -0.2) is 16.8 Å². The SMILES string of the molecule is CS(=O)(=O)c1ccc(S(=O)(=O)N2CCCC2c2ccccc2)cc1. The van der Waals surface area contributed by atoms with Crippen molar-refractivity contribution in [2.75, 3.05) is 12.8 Å². The van der Waals surface area contributed by atoms with E-state index >= 15 is 0 Å². The van der Waals surface area contributed by atoms with E-state index in [4.69, 9.17) is 0 Å². The molecular weight excluding hydrogens is 346 g/mol. The van der Waals surface area contributed by atoms with Crippen LogP contribution in [0.15, 0.2) is 64.4 Å². The van der Waals surface area contributed by atoms with Crippen molar-refractivity contribution in [2.45, 2.75) is 28.7 Å². The van der Waals surface area contributed by atoms with Crippen molar-refractivity contribution in [1.29, 1.82) is 0 Å². The number of hydrogen-bond acceptors (Lipinski definition) is 4. The van der Waals surface area contributed by atoms with E-state index in [1.54, 1.807) is 0 Å². The molecule has 0 radical (unpaired) electrons. The summed E-state index contributed by atoms with van der Waals surface area (Å²) in [6.45, 7) is 0.468. The predicted molar refractivity (Wildman–Crippen MR) is 91.9 cm³/mol. The lowest BCUT2D eigenvalue weighted by Crippen LogP contribution is -2.30. The van der Waals surface area contributed by atoms with Crippen LogP contribution in [0.4, 0.5) is 0 Å². The van der Waals surface area contributed by atoms with Gasteiger partial charge in [-0.3, -0.25) is 0 Å². The van der Waals surface area contributed by atoms with Gasteiger partial charge in [0.2, 0.25) is 10.0 Å². The molecule has 0 aliphatic carbocycles. The van der Waals surface area contributed by atoms with Gasteiger partial charge >= 0.3 is 0 Å². The fourth-order valence-electron chi connectivity index (χ4n) is 3.03. The summed E-state index contributed by atoms with van der Waals surface area (Å²) in [5, 5.41) is 0. The summed E-state index contributed by atoms with van der Waals surface area (Å²) in [5.41, 5.74) is 0.978. The van der Waals surface area contributed by atoms with Crippen molar-refractivity contribution in [2.24, 2.45) is 0 Å². The minimum atomic E-state index is -3.66. The molecule has 0 amide bonds. The van der Waals surface area contributed by atoms with Gasteiger partial charge in [-0.15, -0.1) is 0 Å². The Labute approximate surface area is 142 Å². The van der Waals surface area contributed by atoms with E-state index in [0.29, 0.717) is 6.54 Å². The Kier molecular flexibility index (Phi) is 4.50. The van der Waals surface area contributed by atoms with Crippen molar-refractivity contribution in [3.05, 3.63) is 60.2 Å². The molecule has 128 valence electrons. The number of sulfone groups is 1. The highest BCUT2D eigenvalue weighted by Crippen LogP contribution is 2.36. The quantitative estimate of drug-likeness (QED) is 0.835. The first kappa shape index (κ1) is 17.1. The van der Waals surface area contributed by atoms with E-state index in [1.807, 2.05) is 30.3 Å². The van der Waals surface area contributed by atoms with Gasteiger partial charge in [0.1, 0.15) is 0 Å². The molecule has 2 aromatic rings. The highest BCUT2D eigenvalue weighted by Gasteiger charge is 2.36. The molecule has 1 aliphatic rings. The highest BCUT2D eigenvalue weighted by molar-refractivity contribution is 7.90. The molecule has 0 bridgehead atoms. The minimum Gasteiger partial charge on any atom is -0.224 e. The van der Waals surface area contributed by atoms with Crippen LogP contribution in [-0.2, 0) is 19.9 Å². The number of rotatable bonds is 4. The molecule has 24 heavy (non-hydrogen) atoms. The molecule has 1 unspecified atom stereocenters. The first-order chi connectivity index (χ1) is 11.3. The van der Waals surface area contributed by atoms with Crippen molar-refractivity contribution < 1.29 is 16.8 Å². The van der Waals surface area contributed by atoms with E-state index in [0.717, 1.165) is 24.7 Å². The second kappa shape index (κ2) is 6.31. The molecule has 7 heteroatoms. The smallest absolute Gasteiger partial charge is 0.224 e. The number of benzene rings is 2. The monoisotopic (exact) mass is 365 g/mol. The molecule has 1 heterocycles.